The Bertz CT molecular complexity index is 905. The summed E-state index contributed by atoms with van der Waals surface area (Å²) in [4.78, 5) is 17.0. The second-order valence-corrected chi connectivity index (χ2v) is 7.44. The number of rotatable bonds is 3. The van der Waals surface area contributed by atoms with E-state index < -0.39 is 0 Å². The summed E-state index contributed by atoms with van der Waals surface area (Å²) in [7, 11) is 0. The SMILES string of the molecule is Cc1cc2nc(CC(=O)c3ccc(C(C)(C)C)cc3)cc(Cl)n2n1. The Kier molecular flexibility index (Phi) is 4.18. The minimum Gasteiger partial charge on any atom is -0.294 e. The highest BCUT2D eigenvalue weighted by molar-refractivity contribution is 6.29. The van der Waals surface area contributed by atoms with Crippen molar-refractivity contribution in [3.8, 4) is 0 Å². The lowest BCUT2D eigenvalue weighted by Gasteiger charge is -2.18. The van der Waals surface area contributed by atoms with Gasteiger partial charge in [0.05, 0.1) is 17.8 Å². The van der Waals surface area contributed by atoms with Gasteiger partial charge in [-0.25, -0.2) is 9.50 Å². The van der Waals surface area contributed by atoms with E-state index in [2.05, 4.69) is 30.9 Å². The summed E-state index contributed by atoms with van der Waals surface area (Å²) in [6.45, 7) is 8.34. The van der Waals surface area contributed by atoms with Crippen LogP contribution >= 0.6 is 11.6 Å². The molecule has 0 radical (unpaired) electrons. The Hall–Kier alpha value is -2.20. The van der Waals surface area contributed by atoms with E-state index >= 15 is 0 Å². The molecule has 0 aliphatic heterocycles. The van der Waals surface area contributed by atoms with Gasteiger partial charge in [-0.1, -0.05) is 56.6 Å². The monoisotopic (exact) mass is 341 g/mol. The third-order valence-electron chi connectivity index (χ3n) is 3.97. The molecule has 3 rings (SSSR count). The van der Waals surface area contributed by atoms with Crippen LogP contribution in [0, 0.1) is 6.92 Å². The van der Waals surface area contributed by atoms with Crippen molar-refractivity contribution in [3.05, 3.63) is 64.1 Å². The van der Waals surface area contributed by atoms with Crippen LogP contribution < -0.4 is 0 Å². The standard InChI is InChI=1S/C19H20ClN3O/c1-12-9-18-21-15(11-17(20)23(18)22-12)10-16(24)13-5-7-14(8-6-13)19(2,3)4/h5-9,11H,10H2,1-4H3. The van der Waals surface area contributed by atoms with E-state index in [0.29, 0.717) is 22.1 Å². The molecule has 5 heteroatoms. The van der Waals surface area contributed by atoms with Crippen molar-refractivity contribution in [1.82, 2.24) is 14.6 Å². The zero-order valence-electron chi connectivity index (χ0n) is 14.3. The molecule has 24 heavy (non-hydrogen) atoms. The molecule has 124 valence electrons. The van der Waals surface area contributed by atoms with E-state index in [1.165, 1.54) is 5.56 Å². The number of fused-ring (bicyclic) bond motifs is 1. The number of benzene rings is 1. The van der Waals surface area contributed by atoms with Crippen molar-refractivity contribution in [2.24, 2.45) is 0 Å². The Labute approximate surface area is 146 Å². The summed E-state index contributed by atoms with van der Waals surface area (Å²) in [5, 5.41) is 4.72. The van der Waals surface area contributed by atoms with Crippen molar-refractivity contribution in [1.29, 1.82) is 0 Å². The second kappa shape index (κ2) is 6.02. The normalized spacial score (nSPS) is 11.9. The van der Waals surface area contributed by atoms with Crippen LogP contribution in [-0.4, -0.2) is 20.4 Å². The Morgan fingerprint density at radius 1 is 1.17 bits per heavy atom. The number of hydrogen-bond acceptors (Lipinski definition) is 3. The molecule has 0 amide bonds. The quantitative estimate of drug-likeness (QED) is 0.523. The van der Waals surface area contributed by atoms with Crippen LogP contribution in [0.15, 0.2) is 36.4 Å². The first-order valence-electron chi connectivity index (χ1n) is 7.89. The van der Waals surface area contributed by atoms with Gasteiger partial charge < -0.3 is 0 Å². The van der Waals surface area contributed by atoms with Crippen LogP contribution in [0.25, 0.3) is 5.65 Å². The molecule has 0 atom stereocenters. The molecule has 4 nitrogen and oxygen atoms in total. The van der Waals surface area contributed by atoms with E-state index in [9.17, 15) is 4.79 Å². The summed E-state index contributed by atoms with van der Waals surface area (Å²) in [6, 6.07) is 11.3. The lowest BCUT2D eigenvalue weighted by atomic mass is 9.86. The number of ketones is 1. The van der Waals surface area contributed by atoms with Gasteiger partial charge in [0.2, 0.25) is 0 Å². The maximum atomic E-state index is 12.5. The van der Waals surface area contributed by atoms with Crippen molar-refractivity contribution in [2.45, 2.75) is 39.5 Å². The van der Waals surface area contributed by atoms with Crippen molar-refractivity contribution >= 4 is 23.0 Å². The molecule has 0 saturated carbocycles. The molecule has 0 bridgehead atoms. The van der Waals surface area contributed by atoms with Crippen molar-refractivity contribution < 1.29 is 4.79 Å². The highest BCUT2D eigenvalue weighted by atomic mass is 35.5. The van der Waals surface area contributed by atoms with E-state index in [4.69, 9.17) is 11.6 Å². The van der Waals surface area contributed by atoms with E-state index in [-0.39, 0.29) is 17.6 Å². The molecule has 3 aromatic rings. The lowest BCUT2D eigenvalue weighted by Crippen LogP contribution is -2.12. The molecule has 0 aliphatic carbocycles. The number of Topliss-reactive ketones (excluding diaryl/α,β-unsaturated/α-hetero) is 1. The number of aryl methyl sites for hydroxylation is 1. The second-order valence-electron chi connectivity index (χ2n) is 7.05. The van der Waals surface area contributed by atoms with Crippen LogP contribution in [0.3, 0.4) is 0 Å². The third kappa shape index (κ3) is 3.34. The fraction of sp³-hybridized carbons (Fsp3) is 0.316. The first-order valence-corrected chi connectivity index (χ1v) is 8.27. The Morgan fingerprint density at radius 2 is 1.83 bits per heavy atom. The molecule has 1 aromatic carbocycles. The van der Waals surface area contributed by atoms with E-state index in [0.717, 1.165) is 5.69 Å². The van der Waals surface area contributed by atoms with Gasteiger partial charge in [0.15, 0.2) is 11.4 Å². The number of carbonyl (C=O) groups excluding carboxylic acids is 1. The van der Waals surface area contributed by atoms with Crippen LogP contribution in [0.5, 0.6) is 0 Å². The van der Waals surface area contributed by atoms with Gasteiger partial charge in [-0.05, 0) is 24.0 Å². The fourth-order valence-corrected chi connectivity index (χ4v) is 2.86. The summed E-state index contributed by atoms with van der Waals surface area (Å²) in [5.74, 6) is 0.0274. The molecule has 0 unspecified atom stereocenters. The average molecular weight is 342 g/mol. The van der Waals surface area contributed by atoms with Crippen LogP contribution in [0.1, 0.15) is 48.1 Å². The van der Waals surface area contributed by atoms with Gasteiger partial charge in [0.25, 0.3) is 0 Å². The number of hydrogen-bond donors (Lipinski definition) is 0. The van der Waals surface area contributed by atoms with Crippen LogP contribution in [-0.2, 0) is 11.8 Å². The van der Waals surface area contributed by atoms with Gasteiger partial charge in [-0.3, -0.25) is 4.79 Å². The smallest absolute Gasteiger partial charge is 0.168 e. The zero-order chi connectivity index (χ0) is 17.5. The highest BCUT2D eigenvalue weighted by Crippen LogP contribution is 2.23. The molecular formula is C19H20ClN3O. The van der Waals surface area contributed by atoms with Gasteiger partial charge in [0.1, 0.15) is 5.15 Å². The molecule has 0 N–H and O–H groups in total. The van der Waals surface area contributed by atoms with Crippen LogP contribution in [0.4, 0.5) is 0 Å². The summed E-state index contributed by atoms with van der Waals surface area (Å²) in [6.07, 6.45) is 0.218. The third-order valence-corrected chi connectivity index (χ3v) is 4.24. The molecule has 2 heterocycles. The lowest BCUT2D eigenvalue weighted by molar-refractivity contribution is 0.0992. The largest absolute Gasteiger partial charge is 0.294 e. The average Bonchev–Trinajstić information content (AvgIpc) is 2.87. The summed E-state index contributed by atoms with van der Waals surface area (Å²) in [5.41, 5.74) is 4.11. The van der Waals surface area contributed by atoms with Gasteiger partial charge in [0, 0.05) is 11.6 Å². The first kappa shape index (κ1) is 16.7. The molecule has 0 spiro atoms. The van der Waals surface area contributed by atoms with Gasteiger partial charge in [-0.2, -0.15) is 5.10 Å². The number of carbonyl (C=O) groups is 1. The van der Waals surface area contributed by atoms with Crippen molar-refractivity contribution in [3.63, 3.8) is 0 Å². The fourth-order valence-electron chi connectivity index (χ4n) is 2.61. The molecule has 0 fully saturated rings. The van der Waals surface area contributed by atoms with Crippen LogP contribution in [0.2, 0.25) is 5.15 Å². The predicted molar refractivity (Wildman–Crippen MR) is 95.9 cm³/mol. The van der Waals surface area contributed by atoms with Gasteiger partial charge >= 0.3 is 0 Å². The number of halogens is 1. The topological polar surface area (TPSA) is 47.3 Å². The predicted octanol–water partition coefficient (Wildman–Crippen LogP) is 4.41. The van der Waals surface area contributed by atoms with E-state index in [1.807, 2.05) is 37.3 Å². The summed E-state index contributed by atoms with van der Waals surface area (Å²) < 4.78 is 1.57. The zero-order valence-corrected chi connectivity index (χ0v) is 15.1. The van der Waals surface area contributed by atoms with Crippen molar-refractivity contribution in [2.75, 3.05) is 0 Å². The number of nitrogens with zero attached hydrogens (tertiary/aromatic N) is 3. The molecule has 0 saturated heterocycles. The Balaban J connectivity index is 1.84. The van der Waals surface area contributed by atoms with E-state index in [1.54, 1.807) is 10.6 Å². The number of aromatic nitrogens is 3. The minimum atomic E-state index is 0.0274. The Morgan fingerprint density at radius 3 is 2.46 bits per heavy atom. The minimum absolute atomic E-state index is 0.0274. The summed E-state index contributed by atoms with van der Waals surface area (Å²) >= 11 is 6.23. The molecule has 2 aromatic heterocycles. The highest BCUT2D eigenvalue weighted by Gasteiger charge is 2.15. The van der Waals surface area contributed by atoms with Gasteiger partial charge in [-0.15, -0.1) is 0 Å². The maximum absolute atomic E-state index is 12.5. The molecular weight excluding hydrogens is 322 g/mol. The first-order chi connectivity index (χ1) is 11.2. The molecule has 0 aliphatic rings. The maximum Gasteiger partial charge on any atom is 0.168 e.